The largest absolute Gasteiger partial charge is 0.468 e. The summed E-state index contributed by atoms with van der Waals surface area (Å²) in [4.78, 5) is 10.7. The van der Waals surface area contributed by atoms with E-state index in [2.05, 4.69) is 4.74 Å². The summed E-state index contributed by atoms with van der Waals surface area (Å²) < 4.78 is 4.38. The van der Waals surface area contributed by atoms with E-state index in [9.17, 15) is 4.79 Å². The van der Waals surface area contributed by atoms with Crippen molar-refractivity contribution in [1.29, 1.82) is 5.26 Å². The number of nitrogens with two attached hydrogens (primary N) is 1. The molecule has 0 aromatic carbocycles. The van der Waals surface area contributed by atoms with E-state index >= 15 is 0 Å². The summed E-state index contributed by atoms with van der Waals surface area (Å²) >= 11 is 1.32. The Hall–Kier alpha value is -0.730. The maximum Gasteiger partial charge on any atom is 0.323 e. The highest BCUT2D eigenvalue weighted by molar-refractivity contribution is 7.99. The molecule has 0 aliphatic heterocycles. The molecule has 0 radical (unpaired) electrons. The summed E-state index contributed by atoms with van der Waals surface area (Å²) in [6, 6.07) is 1.32. The molecule has 0 spiro atoms. The van der Waals surface area contributed by atoms with Gasteiger partial charge in [0.25, 0.3) is 0 Å². The van der Waals surface area contributed by atoms with Gasteiger partial charge in [0, 0.05) is 5.75 Å². The maximum absolute atomic E-state index is 10.7. The first-order valence-electron chi connectivity index (χ1n) is 3.00. The molecular formula is C6H10N2O2S. The van der Waals surface area contributed by atoms with E-state index in [1.165, 1.54) is 18.9 Å². The molecular weight excluding hydrogens is 164 g/mol. The van der Waals surface area contributed by atoms with Crippen molar-refractivity contribution in [3.63, 3.8) is 0 Å². The molecule has 0 fully saturated rings. The highest BCUT2D eigenvalue weighted by Gasteiger charge is 2.12. The second-order valence-electron chi connectivity index (χ2n) is 1.80. The SMILES string of the molecule is COC(=O)C(N)CSCC#N. The van der Waals surface area contributed by atoms with Crippen LogP contribution in [0.3, 0.4) is 0 Å². The number of ether oxygens (including phenoxy) is 1. The summed E-state index contributed by atoms with van der Waals surface area (Å²) in [5, 5.41) is 8.15. The van der Waals surface area contributed by atoms with Crippen LogP contribution in [-0.4, -0.2) is 30.6 Å². The van der Waals surface area contributed by atoms with Gasteiger partial charge in [0.2, 0.25) is 0 Å². The number of esters is 1. The van der Waals surface area contributed by atoms with Crippen molar-refractivity contribution < 1.29 is 9.53 Å². The van der Waals surface area contributed by atoms with Crippen LogP contribution in [0.2, 0.25) is 0 Å². The van der Waals surface area contributed by atoms with Gasteiger partial charge >= 0.3 is 5.97 Å². The fourth-order valence-corrected chi connectivity index (χ4v) is 1.05. The fraction of sp³-hybridized carbons (Fsp3) is 0.667. The molecule has 62 valence electrons. The van der Waals surface area contributed by atoms with E-state index in [1.54, 1.807) is 0 Å². The minimum atomic E-state index is -0.613. The number of methoxy groups -OCH3 is 1. The molecule has 0 aromatic rings. The number of hydrogen-bond donors (Lipinski definition) is 1. The number of thioether (sulfide) groups is 1. The molecule has 4 nitrogen and oxygen atoms in total. The Balaban J connectivity index is 3.45. The van der Waals surface area contributed by atoms with Crippen LogP contribution in [0.15, 0.2) is 0 Å². The van der Waals surface area contributed by atoms with Crippen molar-refractivity contribution in [2.24, 2.45) is 5.73 Å². The van der Waals surface area contributed by atoms with Crippen LogP contribution < -0.4 is 5.73 Å². The van der Waals surface area contributed by atoms with E-state index in [4.69, 9.17) is 11.0 Å². The van der Waals surface area contributed by atoms with Gasteiger partial charge in [-0.05, 0) is 0 Å². The van der Waals surface area contributed by atoms with Crippen LogP contribution in [0.25, 0.3) is 0 Å². The lowest BCUT2D eigenvalue weighted by molar-refractivity contribution is -0.141. The highest BCUT2D eigenvalue weighted by Crippen LogP contribution is 2.00. The van der Waals surface area contributed by atoms with E-state index in [-0.39, 0.29) is 0 Å². The van der Waals surface area contributed by atoms with Crippen molar-refractivity contribution in [1.82, 2.24) is 0 Å². The van der Waals surface area contributed by atoms with Gasteiger partial charge in [-0.2, -0.15) is 5.26 Å². The van der Waals surface area contributed by atoms with Gasteiger partial charge in [-0.25, -0.2) is 0 Å². The number of nitrogens with zero attached hydrogens (tertiary/aromatic N) is 1. The first-order valence-corrected chi connectivity index (χ1v) is 4.16. The molecule has 1 unspecified atom stereocenters. The normalized spacial score (nSPS) is 11.7. The van der Waals surface area contributed by atoms with Crippen LogP contribution >= 0.6 is 11.8 Å². The molecule has 0 heterocycles. The Morgan fingerprint density at radius 2 is 2.55 bits per heavy atom. The zero-order valence-corrected chi connectivity index (χ0v) is 7.06. The first-order chi connectivity index (χ1) is 5.22. The number of hydrogen-bond acceptors (Lipinski definition) is 5. The number of nitriles is 1. The Morgan fingerprint density at radius 3 is 3.00 bits per heavy atom. The highest BCUT2D eigenvalue weighted by atomic mass is 32.2. The lowest BCUT2D eigenvalue weighted by Crippen LogP contribution is -2.33. The van der Waals surface area contributed by atoms with Crippen molar-refractivity contribution in [3.05, 3.63) is 0 Å². The zero-order chi connectivity index (χ0) is 8.69. The van der Waals surface area contributed by atoms with Gasteiger partial charge in [0.05, 0.1) is 18.9 Å². The van der Waals surface area contributed by atoms with Gasteiger partial charge in [-0.15, -0.1) is 11.8 Å². The summed E-state index contributed by atoms with van der Waals surface area (Å²) in [5.74, 6) is 0.348. The molecule has 2 N–H and O–H groups in total. The van der Waals surface area contributed by atoms with Gasteiger partial charge in [-0.3, -0.25) is 4.79 Å². The van der Waals surface area contributed by atoms with Crippen molar-refractivity contribution >= 4 is 17.7 Å². The molecule has 0 saturated carbocycles. The molecule has 0 aromatic heterocycles. The third-order valence-electron chi connectivity index (χ3n) is 0.968. The van der Waals surface area contributed by atoms with E-state index in [1.807, 2.05) is 6.07 Å². The molecule has 0 bridgehead atoms. The van der Waals surface area contributed by atoms with Crippen LogP contribution in [-0.2, 0) is 9.53 Å². The Morgan fingerprint density at radius 1 is 1.91 bits per heavy atom. The Labute approximate surface area is 69.7 Å². The van der Waals surface area contributed by atoms with Crippen LogP contribution in [0, 0.1) is 11.3 Å². The van der Waals surface area contributed by atoms with Crippen molar-refractivity contribution in [2.45, 2.75) is 6.04 Å². The van der Waals surface area contributed by atoms with Crippen LogP contribution in [0.4, 0.5) is 0 Å². The second-order valence-corrected chi connectivity index (χ2v) is 2.83. The molecule has 0 amide bonds. The Kier molecular flexibility index (Phi) is 5.61. The summed E-state index contributed by atoms with van der Waals surface area (Å²) in [6.07, 6.45) is 0. The lowest BCUT2D eigenvalue weighted by Gasteiger charge is -2.05. The van der Waals surface area contributed by atoms with E-state index < -0.39 is 12.0 Å². The fourth-order valence-electron chi connectivity index (χ4n) is 0.451. The van der Waals surface area contributed by atoms with Crippen LogP contribution in [0.5, 0.6) is 0 Å². The van der Waals surface area contributed by atoms with Gasteiger partial charge < -0.3 is 10.5 Å². The number of carbonyl (C=O) groups excluding carboxylic acids is 1. The summed E-state index contributed by atoms with van der Waals surface area (Å²) in [7, 11) is 1.29. The smallest absolute Gasteiger partial charge is 0.323 e. The quantitative estimate of drug-likeness (QED) is 0.469. The maximum atomic E-state index is 10.7. The lowest BCUT2D eigenvalue weighted by atomic mass is 10.4. The van der Waals surface area contributed by atoms with Crippen LogP contribution in [0.1, 0.15) is 0 Å². The molecule has 11 heavy (non-hydrogen) atoms. The summed E-state index contributed by atoms with van der Waals surface area (Å²) in [6.45, 7) is 0. The minimum absolute atomic E-state index is 0.352. The molecule has 0 rings (SSSR count). The first kappa shape index (κ1) is 10.3. The van der Waals surface area contributed by atoms with E-state index in [0.29, 0.717) is 11.5 Å². The number of carbonyl (C=O) groups is 1. The van der Waals surface area contributed by atoms with Gasteiger partial charge in [-0.1, -0.05) is 0 Å². The minimum Gasteiger partial charge on any atom is -0.468 e. The molecule has 0 aliphatic rings. The average molecular weight is 174 g/mol. The van der Waals surface area contributed by atoms with Crippen molar-refractivity contribution in [3.8, 4) is 6.07 Å². The summed E-state index contributed by atoms with van der Waals surface area (Å²) in [5.41, 5.74) is 5.36. The monoisotopic (exact) mass is 174 g/mol. The molecule has 5 heteroatoms. The number of rotatable bonds is 4. The predicted molar refractivity (Wildman–Crippen MR) is 42.9 cm³/mol. The van der Waals surface area contributed by atoms with E-state index in [0.717, 1.165) is 0 Å². The molecule has 1 atom stereocenters. The molecule has 0 saturated heterocycles. The zero-order valence-electron chi connectivity index (χ0n) is 6.24. The average Bonchev–Trinajstić information content (AvgIpc) is 2.03. The predicted octanol–water partition coefficient (Wildman–Crippen LogP) is -0.257. The third-order valence-corrected chi connectivity index (χ3v) is 1.90. The standard InChI is InChI=1S/C6H10N2O2S/c1-10-6(9)5(8)4-11-3-2-7/h5H,3-4,8H2,1H3. The Bertz CT molecular complexity index is 166. The van der Waals surface area contributed by atoms with Gasteiger partial charge in [0.1, 0.15) is 6.04 Å². The molecule has 0 aliphatic carbocycles. The van der Waals surface area contributed by atoms with Crippen molar-refractivity contribution in [2.75, 3.05) is 18.6 Å². The topological polar surface area (TPSA) is 76.1 Å². The van der Waals surface area contributed by atoms with Gasteiger partial charge in [0.15, 0.2) is 0 Å². The third kappa shape index (κ3) is 4.65. The second kappa shape index (κ2) is 6.01.